The molecule has 15 heteroatoms. The van der Waals surface area contributed by atoms with Gasteiger partial charge in [0.1, 0.15) is 12.3 Å². The largest absolute Gasteiger partial charge is 0.529 e. The van der Waals surface area contributed by atoms with Gasteiger partial charge in [-0.2, -0.15) is 4.39 Å². The molecule has 0 amide bonds. The Kier molecular flexibility index (Phi) is 9.36. The molecule has 0 radical (unpaired) electrons. The number of anilines is 1. The lowest BCUT2D eigenvalue weighted by molar-refractivity contribution is -0.140. The van der Waals surface area contributed by atoms with E-state index in [2.05, 4.69) is 0 Å². The van der Waals surface area contributed by atoms with Crippen molar-refractivity contribution in [1.29, 1.82) is 0 Å². The van der Waals surface area contributed by atoms with Gasteiger partial charge in [0, 0.05) is 6.42 Å². The molecule has 2 aromatic rings. The Morgan fingerprint density at radius 2 is 1.95 bits per heavy atom. The van der Waals surface area contributed by atoms with Crippen molar-refractivity contribution in [1.82, 2.24) is 9.55 Å². The number of phosphoric acid groups is 1. The number of carbonyl (C=O) groups excluding carboxylic acids is 1. The Balaban J connectivity index is 1.37. The molecule has 1 saturated carbocycles. The number of H-pyrrole nitrogens is 1. The van der Waals surface area contributed by atoms with E-state index >= 15 is 0 Å². The number of aliphatic hydroxyl groups excluding tert-OH is 1. The van der Waals surface area contributed by atoms with E-state index in [4.69, 9.17) is 18.6 Å². The number of halogens is 1. The topological polar surface area (TPSA) is 170 Å². The predicted molar refractivity (Wildman–Crippen MR) is 134 cm³/mol. The van der Waals surface area contributed by atoms with E-state index in [1.807, 2.05) is 0 Å². The zero-order valence-corrected chi connectivity index (χ0v) is 22.1. The molecule has 2 fully saturated rings. The summed E-state index contributed by atoms with van der Waals surface area (Å²) in [6.07, 6.45) is 1.37. The SMILES string of the molecule is C[C@@H](C(=O)OP(=O)(O)OC[C@H]1O[C@@H](n2cc(F)c(=O)[nH]c2=O)C[C@@H]1O)N(OC1CCCCC1)c1ccccc1. The first-order valence-electron chi connectivity index (χ1n) is 12.6. The Morgan fingerprint density at radius 1 is 1.26 bits per heavy atom. The summed E-state index contributed by atoms with van der Waals surface area (Å²) in [7, 11) is -4.97. The van der Waals surface area contributed by atoms with Gasteiger partial charge in [-0.05, 0) is 31.9 Å². The standard InChI is InChI=1S/C24H31FN3O10P/c1-15(28(16-8-4-2-5-9-16)37-17-10-6-3-7-11-17)23(31)38-39(33,34)35-14-20-19(29)12-21(36-20)27-13-18(25)22(30)26-24(27)32/h2,4-5,8-9,13,15,17,19-21,29H,3,6-7,10-12,14H2,1H3,(H,33,34)(H,26,30,32)/t15-,19-,20+,21+/m0/s1. The lowest BCUT2D eigenvalue weighted by Gasteiger charge is -2.34. The highest BCUT2D eigenvalue weighted by atomic mass is 31.2. The van der Waals surface area contributed by atoms with E-state index in [1.54, 1.807) is 35.3 Å². The second kappa shape index (κ2) is 12.5. The minimum absolute atomic E-state index is 0.122. The summed E-state index contributed by atoms with van der Waals surface area (Å²) < 4.78 is 42.1. The van der Waals surface area contributed by atoms with Gasteiger partial charge < -0.3 is 14.4 Å². The highest BCUT2D eigenvalue weighted by Crippen LogP contribution is 2.45. The van der Waals surface area contributed by atoms with Crippen molar-refractivity contribution in [3.8, 4) is 0 Å². The molecule has 39 heavy (non-hydrogen) atoms. The van der Waals surface area contributed by atoms with Crippen LogP contribution in [0.3, 0.4) is 0 Å². The summed E-state index contributed by atoms with van der Waals surface area (Å²) in [5, 5.41) is 11.6. The number of ether oxygens (including phenoxy) is 1. The van der Waals surface area contributed by atoms with E-state index in [0.29, 0.717) is 11.9 Å². The van der Waals surface area contributed by atoms with Crippen molar-refractivity contribution in [3.05, 3.63) is 63.2 Å². The summed E-state index contributed by atoms with van der Waals surface area (Å²) >= 11 is 0. The summed E-state index contributed by atoms with van der Waals surface area (Å²) in [6.45, 7) is 0.780. The summed E-state index contributed by atoms with van der Waals surface area (Å²) in [6, 6.07) is 7.68. The van der Waals surface area contributed by atoms with Gasteiger partial charge in [0.15, 0.2) is 6.04 Å². The maximum Gasteiger partial charge on any atom is 0.529 e. The number of aromatic amines is 1. The first-order valence-corrected chi connectivity index (χ1v) is 14.1. The molecule has 0 bridgehead atoms. The minimum Gasteiger partial charge on any atom is -0.390 e. The van der Waals surface area contributed by atoms with Gasteiger partial charge in [-0.1, -0.05) is 37.5 Å². The monoisotopic (exact) mass is 571 g/mol. The highest BCUT2D eigenvalue weighted by molar-refractivity contribution is 7.48. The fourth-order valence-corrected chi connectivity index (χ4v) is 5.24. The summed E-state index contributed by atoms with van der Waals surface area (Å²) in [5.74, 6) is -2.31. The molecular weight excluding hydrogens is 540 g/mol. The number of benzene rings is 1. The van der Waals surface area contributed by atoms with Gasteiger partial charge in [-0.3, -0.25) is 28.6 Å². The minimum atomic E-state index is -4.97. The van der Waals surface area contributed by atoms with Gasteiger partial charge in [0.2, 0.25) is 5.82 Å². The number of aliphatic hydroxyl groups is 1. The van der Waals surface area contributed by atoms with E-state index in [-0.39, 0.29) is 12.5 Å². The van der Waals surface area contributed by atoms with E-state index in [1.165, 1.54) is 12.0 Å². The summed E-state index contributed by atoms with van der Waals surface area (Å²) in [4.78, 5) is 54.2. The van der Waals surface area contributed by atoms with Crippen LogP contribution in [-0.4, -0.2) is 56.5 Å². The van der Waals surface area contributed by atoms with Crippen LogP contribution in [0.5, 0.6) is 0 Å². The molecule has 5 atom stereocenters. The fourth-order valence-electron chi connectivity index (χ4n) is 4.47. The van der Waals surface area contributed by atoms with Crippen molar-refractivity contribution in [2.75, 3.05) is 11.7 Å². The number of aromatic nitrogens is 2. The molecule has 1 aliphatic carbocycles. The zero-order chi connectivity index (χ0) is 28.2. The number of carbonyl (C=O) groups is 1. The van der Waals surface area contributed by atoms with Gasteiger partial charge in [0.05, 0.1) is 30.7 Å². The third kappa shape index (κ3) is 7.41. The molecule has 13 nitrogen and oxygen atoms in total. The quantitative estimate of drug-likeness (QED) is 0.282. The number of rotatable bonds is 10. The maximum atomic E-state index is 13.6. The smallest absolute Gasteiger partial charge is 0.390 e. The normalized spacial score (nSPS) is 24.2. The first-order chi connectivity index (χ1) is 18.5. The van der Waals surface area contributed by atoms with Crippen LogP contribution in [0, 0.1) is 5.82 Å². The summed E-state index contributed by atoms with van der Waals surface area (Å²) in [5.41, 5.74) is -1.61. The Labute approximate surface area is 222 Å². The number of hydrogen-bond donors (Lipinski definition) is 3. The first kappa shape index (κ1) is 29.1. The highest BCUT2D eigenvalue weighted by Gasteiger charge is 2.39. The number of phosphoric ester groups is 1. The third-order valence-electron chi connectivity index (χ3n) is 6.56. The van der Waals surface area contributed by atoms with Crippen LogP contribution in [0.15, 0.2) is 46.1 Å². The van der Waals surface area contributed by atoms with Crippen molar-refractivity contribution < 1.29 is 42.4 Å². The molecule has 2 heterocycles. The van der Waals surface area contributed by atoms with Gasteiger partial charge >= 0.3 is 19.5 Å². The molecule has 1 saturated heterocycles. The predicted octanol–water partition coefficient (Wildman–Crippen LogP) is 2.14. The van der Waals surface area contributed by atoms with Crippen molar-refractivity contribution in [2.24, 2.45) is 0 Å². The lowest BCUT2D eigenvalue weighted by Crippen LogP contribution is -2.43. The van der Waals surface area contributed by atoms with Crippen molar-refractivity contribution in [3.63, 3.8) is 0 Å². The number of para-hydroxylation sites is 1. The van der Waals surface area contributed by atoms with Crippen LogP contribution in [0.25, 0.3) is 0 Å². The lowest BCUT2D eigenvalue weighted by atomic mass is 9.98. The van der Waals surface area contributed by atoms with Crippen LogP contribution >= 0.6 is 7.82 Å². The number of nitrogens with one attached hydrogen (secondary N) is 1. The number of nitrogens with zero attached hydrogens (tertiary/aromatic N) is 2. The van der Waals surface area contributed by atoms with Gasteiger partial charge in [0.25, 0.3) is 5.56 Å². The van der Waals surface area contributed by atoms with E-state index in [0.717, 1.165) is 36.7 Å². The molecule has 2 aliphatic rings. The Morgan fingerprint density at radius 3 is 2.64 bits per heavy atom. The molecule has 4 rings (SSSR count). The van der Waals surface area contributed by atoms with Crippen LogP contribution in [0.1, 0.15) is 51.7 Å². The number of hydrogen-bond acceptors (Lipinski definition) is 10. The van der Waals surface area contributed by atoms with Gasteiger partial charge in [-0.25, -0.2) is 19.2 Å². The third-order valence-corrected chi connectivity index (χ3v) is 7.45. The molecule has 214 valence electrons. The second-order valence-electron chi connectivity index (χ2n) is 9.45. The van der Waals surface area contributed by atoms with Crippen LogP contribution in [0.4, 0.5) is 10.1 Å². The van der Waals surface area contributed by atoms with Crippen LogP contribution in [-0.2, 0) is 28.0 Å². The van der Waals surface area contributed by atoms with Crippen molar-refractivity contribution in [2.45, 2.75) is 76.0 Å². The van der Waals surface area contributed by atoms with Crippen LogP contribution < -0.4 is 16.3 Å². The number of hydroxylamine groups is 1. The zero-order valence-electron chi connectivity index (χ0n) is 21.2. The molecule has 1 aromatic heterocycles. The Hall–Kier alpha value is -2.87. The van der Waals surface area contributed by atoms with Gasteiger partial charge in [-0.15, -0.1) is 0 Å². The molecule has 1 aliphatic heterocycles. The molecular formula is C24H31FN3O10P. The second-order valence-corrected chi connectivity index (χ2v) is 10.8. The fraction of sp³-hybridized carbons (Fsp3) is 0.542. The Bertz CT molecular complexity index is 1300. The average Bonchev–Trinajstić information content (AvgIpc) is 3.28. The molecule has 3 N–H and O–H groups in total. The molecule has 1 aromatic carbocycles. The van der Waals surface area contributed by atoms with E-state index in [9.17, 15) is 33.3 Å². The van der Waals surface area contributed by atoms with Crippen LogP contribution in [0.2, 0.25) is 0 Å². The van der Waals surface area contributed by atoms with E-state index < -0.39 is 61.9 Å². The molecule has 0 spiro atoms. The van der Waals surface area contributed by atoms with Crippen molar-refractivity contribution >= 4 is 19.5 Å². The molecule has 1 unspecified atom stereocenters. The average molecular weight is 571 g/mol. The maximum absolute atomic E-state index is 13.6.